The van der Waals surface area contributed by atoms with Crippen molar-refractivity contribution in [2.24, 2.45) is 17.6 Å². The van der Waals surface area contributed by atoms with Gasteiger partial charge in [-0.3, -0.25) is 24.0 Å². The number of aryl methyl sites for hydroxylation is 1. The molecule has 0 spiro atoms. The Kier molecular flexibility index (Phi) is 15.0. The normalized spacial score (nSPS) is 21.3. The van der Waals surface area contributed by atoms with E-state index in [4.69, 9.17) is 5.73 Å². The number of nitrogens with two attached hydrogens (primary N) is 1. The average molecular weight is 625 g/mol. The van der Waals surface area contributed by atoms with Crippen molar-refractivity contribution in [2.45, 2.75) is 142 Å². The fourth-order valence-corrected chi connectivity index (χ4v) is 6.81. The highest BCUT2D eigenvalue weighted by atomic mass is 16.2. The first-order chi connectivity index (χ1) is 21.6. The maximum atomic E-state index is 14.0. The number of ketones is 1. The highest BCUT2D eigenvalue weighted by molar-refractivity contribution is 5.95. The Labute approximate surface area is 269 Å². The van der Waals surface area contributed by atoms with Crippen LogP contribution in [0.5, 0.6) is 0 Å². The minimum Gasteiger partial charge on any atom is -0.370 e. The van der Waals surface area contributed by atoms with Crippen LogP contribution in [0.1, 0.15) is 121 Å². The van der Waals surface area contributed by atoms with Crippen LogP contribution in [0.25, 0.3) is 0 Å². The van der Waals surface area contributed by atoms with Crippen LogP contribution in [0, 0.1) is 18.8 Å². The second-order valence-corrected chi connectivity index (χ2v) is 13.2. The molecule has 5 atom stereocenters. The summed E-state index contributed by atoms with van der Waals surface area (Å²) in [4.78, 5) is 67.7. The minimum atomic E-state index is -0.678. The minimum absolute atomic E-state index is 0.0209. The molecule has 9 heteroatoms. The number of carbonyl (C=O) groups excluding carboxylic acids is 5. The highest BCUT2D eigenvalue weighted by Crippen LogP contribution is 2.33. The summed E-state index contributed by atoms with van der Waals surface area (Å²) >= 11 is 0. The van der Waals surface area contributed by atoms with Gasteiger partial charge in [0.05, 0.1) is 6.04 Å². The van der Waals surface area contributed by atoms with Crippen LogP contribution in [0.3, 0.4) is 0 Å². The van der Waals surface area contributed by atoms with Crippen molar-refractivity contribution in [1.82, 2.24) is 15.5 Å². The number of fused-ring (bicyclic) bond motifs is 1. The number of Topliss-reactive ketones (excluding diaryl/α,β-unsaturated/α-hetero) is 1. The third kappa shape index (κ3) is 11.3. The second kappa shape index (κ2) is 18.7. The summed E-state index contributed by atoms with van der Waals surface area (Å²) in [7, 11) is 0. The van der Waals surface area contributed by atoms with Crippen molar-refractivity contribution in [1.29, 1.82) is 0 Å². The molecule has 1 unspecified atom stereocenters. The standard InChI is InChI=1S/C36H56N4O5/c1-4-6-7-8-11-22-38-34(43)28(18-21-33(37)42)24-32(41)31-20-19-29-12-9-10-13-30(36(45)40(29)31)39-35(44)27(5-2)23-26-16-14-25(3)15-17-26/h14-17,27-31H,4-13,18-24H2,1-3H3,(H2,37,42)(H,38,43)(H,39,44)/t27-,28+,29-,30?,31-/m0/s1. The molecule has 2 aliphatic heterocycles. The van der Waals surface area contributed by atoms with Gasteiger partial charge in [-0.2, -0.15) is 0 Å². The summed E-state index contributed by atoms with van der Waals surface area (Å²) in [5.41, 5.74) is 7.64. The molecule has 0 aliphatic carbocycles. The smallest absolute Gasteiger partial charge is 0.246 e. The van der Waals surface area contributed by atoms with Gasteiger partial charge in [0.2, 0.25) is 23.6 Å². The summed E-state index contributed by atoms with van der Waals surface area (Å²) < 4.78 is 0. The topological polar surface area (TPSA) is 139 Å². The van der Waals surface area contributed by atoms with Crippen LogP contribution >= 0.6 is 0 Å². The van der Waals surface area contributed by atoms with Crippen molar-refractivity contribution in [3.8, 4) is 0 Å². The van der Waals surface area contributed by atoms with E-state index in [0.717, 1.165) is 56.9 Å². The van der Waals surface area contributed by atoms with Gasteiger partial charge in [-0.05, 0) is 63.9 Å². The molecule has 2 fully saturated rings. The van der Waals surface area contributed by atoms with E-state index in [1.54, 1.807) is 4.90 Å². The van der Waals surface area contributed by atoms with Gasteiger partial charge in [0.1, 0.15) is 6.04 Å². The molecule has 1 aromatic carbocycles. The Hall–Kier alpha value is -3.23. The third-order valence-corrected chi connectivity index (χ3v) is 9.63. The molecule has 2 aliphatic rings. The van der Waals surface area contributed by atoms with Gasteiger partial charge in [0.15, 0.2) is 5.78 Å². The summed E-state index contributed by atoms with van der Waals surface area (Å²) in [6.07, 6.45) is 11.2. The van der Waals surface area contributed by atoms with E-state index in [-0.39, 0.29) is 54.7 Å². The lowest BCUT2D eigenvalue weighted by atomic mass is 9.92. The number of primary amides is 1. The average Bonchev–Trinajstić information content (AvgIpc) is 3.44. The molecule has 9 nitrogen and oxygen atoms in total. The molecule has 4 amide bonds. The van der Waals surface area contributed by atoms with Crippen molar-refractivity contribution >= 4 is 29.4 Å². The van der Waals surface area contributed by atoms with Crippen LogP contribution in [0.2, 0.25) is 0 Å². The molecule has 2 heterocycles. The Morgan fingerprint density at radius 3 is 2.31 bits per heavy atom. The van der Waals surface area contributed by atoms with Crippen LogP contribution in [-0.4, -0.2) is 59.0 Å². The fourth-order valence-electron chi connectivity index (χ4n) is 6.81. The number of unbranched alkanes of at least 4 members (excludes halogenated alkanes) is 4. The number of rotatable bonds is 18. The van der Waals surface area contributed by atoms with Crippen LogP contribution in [0.15, 0.2) is 24.3 Å². The molecule has 250 valence electrons. The number of nitrogens with zero attached hydrogens (tertiary/aromatic N) is 1. The molecule has 0 aromatic heterocycles. The number of carbonyl (C=O) groups is 5. The number of amides is 4. The van der Waals surface area contributed by atoms with E-state index in [9.17, 15) is 24.0 Å². The van der Waals surface area contributed by atoms with Gasteiger partial charge < -0.3 is 21.3 Å². The van der Waals surface area contributed by atoms with E-state index in [2.05, 4.69) is 17.6 Å². The van der Waals surface area contributed by atoms with E-state index in [1.807, 2.05) is 38.1 Å². The number of hydrogen-bond donors (Lipinski definition) is 3. The molecule has 2 saturated heterocycles. The Morgan fingerprint density at radius 2 is 1.62 bits per heavy atom. The second-order valence-electron chi connectivity index (χ2n) is 13.2. The zero-order valence-corrected chi connectivity index (χ0v) is 27.8. The van der Waals surface area contributed by atoms with Crippen LogP contribution in [0.4, 0.5) is 0 Å². The Bertz CT molecular complexity index is 1140. The largest absolute Gasteiger partial charge is 0.370 e. The van der Waals surface area contributed by atoms with E-state index in [0.29, 0.717) is 32.2 Å². The number of benzene rings is 1. The summed E-state index contributed by atoms with van der Waals surface area (Å²) in [5, 5.41) is 6.02. The van der Waals surface area contributed by atoms with Gasteiger partial charge in [-0.25, -0.2) is 0 Å². The molecule has 0 radical (unpaired) electrons. The quantitative estimate of drug-likeness (QED) is 0.199. The summed E-state index contributed by atoms with van der Waals surface area (Å²) in [6.45, 7) is 6.70. The fraction of sp³-hybridized carbons (Fsp3) is 0.694. The lowest BCUT2D eigenvalue weighted by Gasteiger charge is -2.36. The maximum absolute atomic E-state index is 14.0. The maximum Gasteiger partial charge on any atom is 0.246 e. The van der Waals surface area contributed by atoms with E-state index < -0.39 is 23.9 Å². The molecular formula is C36H56N4O5. The lowest BCUT2D eigenvalue weighted by Crippen LogP contribution is -2.55. The predicted molar refractivity (Wildman–Crippen MR) is 176 cm³/mol. The molecule has 0 saturated carbocycles. The van der Waals surface area contributed by atoms with Gasteiger partial charge in [0, 0.05) is 37.3 Å². The van der Waals surface area contributed by atoms with Crippen molar-refractivity contribution in [2.75, 3.05) is 6.54 Å². The predicted octanol–water partition coefficient (Wildman–Crippen LogP) is 4.91. The first-order valence-corrected chi connectivity index (χ1v) is 17.4. The van der Waals surface area contributed by atoms with Crippen molar-refractivity contribution in [3.63, 3.8) is 0 Å². The lowest BCUT2D eigenvalue weighted by molar-refractivity contribution is -0.144. The summed E-state index contributed by atoms with van der Waals surface area (Å²) in [6, 6.07) is 6.81. The highest BCUT2D eigenvalue weighted by Gasteiger charge is 2.44. The first kappa shape index (κ1) is 36.2. The van der Waals surface area contributed by atoms with E-state index in [1.165, 1.54) is 12.0 Å². The monoisotopic (exact) mass is 624 g/mol. The SMILES string of the molecule is CCCCCCCNC(=O)[C@H](CCC(N)=O)CC(=O)[C@@H]1CC[C@@H]2CCCCC(NC(=O)[C@@H](CC)Cc3ccc(C)cc3)C(=O)N21. The zero-order valence-electron chi connectivity index (χ0n) is 27.8. The van der Waals surface area contributed by atoms with E-state index >= 15 is 0 Å². The van der Waals surface area contributed by atoms with Crippen LogP contribution < -0.4 is 16.4 Å². The third-order valence-electron chi connectivity index (χ3n) is 9.63. The van der Waals surface area contributed by atoms with Crippen molar-refractivity contribution in [3.05, 3.63) is 35.4 Å². The Morgan fingerprint density at radius 1 is 0.911 bits per heavy atom. The molecule has 1 aromatic rings. The van der Waals surface area contributed by atoms with Gasteiger partial charge >= 0.3 is 0 Å². The molecule has 45 heavy (non-hydrogen) atoms. The first-order valence-electron chi connectivity index (χ1n) is 17.4. The Balaban J connectivity index is 1.67. The van der Waals surface area contributed by atoms with Gasteiger partial charge in [0.25, 0.3) is 0 Å². The van der Waals surface area contributed by atoms with Gasteiger partial charge in [-0.1, -0.05) is 82.2 Å². The van der Waals surface area contributed by atoms with Gasteiger partial charge in [-0.15, -0.1) is 0 Å². The number of hydrogen-bond acceptors (Lipinski definition) is 5. The number of nitrogens with one attached hydrogen (secondary N) is 2. The zero-order chi connectivity index (χ0) is 32.8. The molecular weight excluding hydrogens is 568 g/mol. The molecule has 0 bridgehead atoms. The van der Waals surface area contributed by atoms with Crippen LogP contribution in [-0.2, 0) is 30.4 Å². The summed E-state index contributed by atoms with van der Waals surface area (Å²) in [5.74, 6) is -2.16. The van der Waals surface area contributed by atoms with Crippen molar-refractivity contribution < 1.29 is 24.0 Å². The molecule has 4 N–H and O–H groups in total. The molecule has 3 rings (SSSR count).